The fourth-order valence-corrected chi connectivity index (χ4v) is 4.94. The Kier molecular flexibility index (Phi) is 5.06. The van der Waals surface area contributed by atoms with Crippen molar-refractivity contribution < 1.29 is 9.21 Å². The molecular weight excluding hydrogens is 478 g/mol. The van der Waals surface area contributed by atoms with E-state index in [9.17, 15) is 4.79 Å². The van der Waals surface area contributed by atoms with Gasteiger partial charge in [-0.2, -0.15) is 0 Å². The first-order valence-electron chi connectivity index (χ1n) is 9.22. The van der Waals surface area contributed by atoms with Crippen LogP contribution in [0.1, 0.15) is 5.76 Å². The molecule has 1 fully saturated rings. The number of hydrogen-bond acceptors (Lipinski definition) is 4. The fraction of sp³-hybridized carbons (Fsp3) is 0. The molecule has 6 heteroatoms. The number of carbonyl (C=O) groups is 1. The van der Waals surface area contributed by atoms with E-state index in [-0.39, 0.29) is 5.91 Å². The molecule has 3 aromatic carbocycles. The molecule has 4 aromatic rings. The van der Waals surface area contributed by atoms with Crippen LogP contribution in [0, 0.1) is 0 Å². The molecule has 0 radical (unpaired) electrons. The monoisotopic (exact) mass is 491 g/mol. The molecule has 1 aliphatic heterocycles. The van der Waals surface area contributed by atoms with Gasteiger partial charge in [0.1, 0.15) is 11.5 Å². The number of anilines is 1. The van der Waals surface area contributed by atoms with Crippen LogP contribution in [0.5, 0.6) is 0 Å². The van der Waals surface area contributed by atoms with Crippen LogP contribution in [0.2, 0.25) is 0 Å². The normalized spacial score (nSPS) is 15.5. The third kappa shape index (κ3) is 3.51. The van der Waals surface area contributed by atoms with Crippen LogP contribution < -0.4 is 4.90 Å². The summed E-state index contributed by atoms with van der Waals surface area (Å²) in [5.74, 6) is 1.23. The second kappa shape index (κ2) is 7.87. The second-order valence-electron chi connectivity index (χ2n) is 6.72. The summed E-state index contributed by atoms with van der Waals surface area (Å²) in [7, 11) is 0. The average molecular weight is 492 g/mol. The van der Waals surface area contributed by atoms with Crippen molar-refractivity contribution in [1.82, 2.24) is 0 Å². The lowest BCUT2D eigenvalue weighted by Gasteiger charge is -2.17. The van der Waals surface area contributed by atoms with Gasteiger partial charge in [-0.15, -0.1) is 0 Å². The number of amides is 1. The number of hydrogen-bond donors (Lipinski definition) is 0. The molecule has 0 spiro atoms. The van der Waals surface area contributed by atoms with Gasteiger partial charge in [0.05, 0.1) is 10.6 Å². The third-order valence-corrected chi connectivity index (χ3v) is 6.66. The molecule has 0 atom stereocenters. The first-order valence-corrected chi connectivity index (χ1v) is 11.2. The molecule has 1 aromatic heterocycles. The van der Waals surface area contributed by atoms with Crippen molar-refractivity contribution in [2.24, 2.45) is 0 Å². The van der Waals surface area contributed by atoms with Crippen molar-refractivity contribution in [2.75, 3.05) is 4.90 Å². The summed E-state index contributed by atoms with van der Waals surface area (Å²) in [6, 6.07) is 25.5. The Balaban J connectivity index is 1.47. The molecule has 0 unspecified atom stereocenters. The van der Waals surface area contributed by atoms with Gasteiger partial charge < -0.3 is 4.42 Å². The molecular formula is C24H14BrNO2S2. The highest BCUT2D eigenvalue weighted by molar-refractivity contribution is 9.10. The van der Waals surface area contributed by atoms with Crippen molar-refractivity contribution in [2.45, 2.75) is 0 Å². The highest BCUT2D eigenvalue weighted by Gasteiger charge is 2.34. The van der Waals surface area contributed by atoms with Crippen molar-refractivity contribution >= 4 is 72.7 Å². The molecule has 0 N–H and O–H groups in total. The van der Waals surface area contributed by atoms with Gasteiger partial charge in [0.25, 0.3) is 5.91 Å². The molecule has 3 nitrogen and oxygen atoms in total. The van der Waals surface area contributed by atoms with Gasteiger partial charge in [0.2, 0.25) is 0 Å². The maximum absolute atomic E-state index is 13.2. The summed E-state index contributed by atoms with van der Waals surface area (Å²) >= 11 is 10.3. The van der Waals surface area contributed by atoms with E-state index in [1.54, 1.807) is 11.0 Å². The van der Waals surface area contributed by atoms with E-state index < -0.39 is 0 Å². The highest BCUT2D eigenvalue weighted by Crippen LogP contribution is 2.39. The van der Waals surface area contributed by atoms with Gasteiger partial charge in [-0.05, 0) is 35.7 Å². The predicted molar refractivity (Wildman–Crippen MR) is 131 cm³/mol. The first-order chi connectivity index (χ1) is 14.6. The molecule has 0 saturated carbocycles. The molecule has 1 saturated heterocycles. The molecule has 1 amide bonds. The number of furan rings is 1. The summed E-state index contributed by atoms with van der Waals surface area (Å²) in [5.41, 5.74) is 1.77. The standard InChI is InChI=1S/C24H14BrNO2S2/c25-17-10-8-16(9-11-17)21-13-12-18(28-21)14-22-23(27)26(24(29)30-22)20-7-3-5-15-4-1-2-6-19(15)20/h1-14H/b22-14+. The Hall–Kier alpha value is -2.67. The van der Waals surface area contributed by atoms with Gasteiger partial charge in [0, 0.05) is 21.5 Å². The Morgan fingerprint density at radius 1 is 0.933 bits per heavy atom. The van der Waals surface area contributed by atoms with Gasteiger partial charge in [-0.3, -0.25) is 9.69 Å². The van der Waals surface area contributed by atoms with Crippen LogP contribution in [0.15, 0.2) is 92.7 Å². The Morgan fingerprint density at radius 3 is 2.53 bits per heavy atom. The van der Waals surface area contributed by atoms with E-state index in [2.05, 4.69) is 15.9 Å². The molecule has 30 heavy (non-hydrogen) atoms. The van der Waals surface area contributed by atoms with E-state index in [1.807, 2.05) is 78.9 Å². The summed E-state index contributed by atoms with van der Waals surface area (Å²) < 4.78 is 7.47. The molecule has 0 bridgehead atoms. The lowest BCUT2D eigenvalue weighted by molar-refractivity contribution is -0.113. The summed E-state index contributed by atoms with van der Waals surface area (Å²) in [6.45, 7) is 0. The third-order valence-electron chi connectivity index (χ3n) is 4.83. The lowest BCUT2D eigenvalue weighted by atomic mass is 10.1. The van der Waals surface area contributed by atoms with Crippen LogP contribution in [0.4, 0.5) is 5.69 Å². The van der Waals surface area contributed by atoms with Crippen molar-refractivity contribution in [3.8, 4) is 11.3 Å². The minimum atomic E-state index is -0.136. The zero-order valence-electron chi connectivity index (χ0n) is 15.5. The van der Waals surface area contributed by atoms with Gasteiger partial charge in [-0.1, -0.05) is 88.4 Å². The summed E-state index contributed by atoms with van der Waals surface area (Å²) in [6.07, 6.45) is 1.76. The molecule has 146 valence electrons. The first kappa shape index (κ1) is 19.3. The predicted octanol–water partition coefficient (Wildman–Crippen LogP) is 7.27. The second-order valence-corrected chi connectivity index (χ2v) is 9.32. The summed E-state index contributed by atoms with van der Waals surface area (Å²) in [4.78, 5) is 15.3. The number of thioether (sulfide) groups is 1. The number of nitrogens with zero attached hydrogens (tertiary/aromatic N) is 1. The number of fused-ring (bicyclic) bond motifs is 1. The number of benzene rings is 3. The van der Waals surface area contributed by atoms with Crippen LogP contribution in [-0.4, -0.2) is 10.2 Å². The van der Waals surface area contributed by atoms with E-state index >= 15 is 0 Å². The van der Waals surface area contributed by atoms with Crippen molar-refractivity contribution in [1.29, 1.82) is 0 Å². The Bertz CT molecular complexity index is 1320. The molecule has 1 aliphatic rings. The van der Waals surface area contributed by atoms with Crippen LogP contribution in [0.3, 0.4) is 0 Å². The van der Waals surface area contributed by atoms with E-state index in [4.69, 9.17) is 16.6 Å². The zero-order valence-corrected chi connectivity index (χ0v) is 18.8. The van der Waals surface area contributed by atoms with Gasteiger partial charge >= 0.3 is 0 Å². The largest absolute Gasteiger partial charge is 0.457 e. The fourth-order valence-electron chi connectivity index (χ4n) is 3.41. The quantitative estimate of drug-likeness (QED) is 0.223. The zero-order chi connectivity index (χ0) is 20.7. The van der Waals surface area contributed by atoms with Gasteiger partial charge in [0.15, 0.2) is 4.32 Å². The van der Waals surface area contributed by atoms with E-state index in [0.29, 0.717) is 15.0 Å². The van der Waals surface area contributed by atoms with Crippen LogP contribution >= 0.6 is 39.9 Å². The average Bonchev–Trinajstić information content (AvgIpc) is 3.33. The van der Waals surface area contributed by atoms with E-state index in [1.165, 1.54) is 11.8 Å². The van der Waals surface area contributed by atoms with Crippen LogP contribution in [-0.2, 0) is 4.79 Å². The SMILES string of the molecule is O=C1/C(=C\c2ccc(-c3ccc(Br)cc3)o2)SC(=S)N1c1cccc2ccccc12. The van der Waals surface area contributed by atoms with E-state index in [0.717, 1.165) is 32.3 Å². The maximum Gasteiger partial charge on any atom is 0.270 e. The minimum Gasteiger partial charge on any atom is -0.457 e. The summed E-state index contributed by atoms with van der Waals surface area (Å²) in [5, 5.41) is 2.06. The highest BCUT2D eigenvalue weighted by atomic mass is 79.9. The number of carbonyl (C=O) groups excluding carboxylic acids is 1. The maximum atomic E-state index is 13.2. The molecule has 2 heterocycles. The smallest absolute Gasteiger partial charge is 0.270 e. The van der Waals surface area contributed by atoms with Crippen LogP contribution in [0.25, 0.3) is 28.2 Å². The minimum absolute atomic E-state index is 0.136. The Morgan fingerprint density at radius 2 is 1.70 bits per heavy atom. The van der Waals surface area contributed by atoms with Crippen molar-refractivity contribution in [3.63, 3.8) is 0 Å². The molecule has 0 aliphatic carbocycles. The van der Waals surface area contributed by atoms with Gasteiger partial charge in [-0.25, -0.2) is 0 Å². The Labute approximate surface area is 191 Å². The number of rotatable bonds is 3. The van der Waals surface area contributed by atoms with Crippen molar-refractivity contribution in [3.05, 3.63) is 94.0 Å². The number of halogens is 1. The topological polar surface area (TPSA) is 33.5 Å². The lowest BCUT2D eigenvalue weighted by Crippen LogP contribution is -2.27. The molecule has 5 rings (SSSR count). The number of thiocarbonyl (C=S) groups is 1.